The molecule has 7 nitrogen and oxygen atoms in total. The monoisotopic (exact) mass is 244 g/mol. The van der Waals surface area contributed by atoms with E-state index in [0.717, 1.165) is 0 Å². The summed E-state index contributed by atoms with van der Waals surface area (Å²) >= 11 is 0. The zero-order chi connectivity index (χ0) is 13.3. The summed E-state index contributed by atoms with van der Waals surface area (Å²) < 4.78 is 5.19. The maximum absolute atomic E-state index is 11.0. The summed E-state index contributed by atoms with van der Waals surface area (Å²) in [5.41, 5.74) is 7.59. The van der Waals surface area contributed by atoms with Gasteiger partial charge >= 0.3 is 5.97 Å². The molecule has 0 aromatic rings. The summed E-state index contributed by atoms with van der Waals surface area (Å²) in [4.78, 5) is 13.6. The standard InChI is InChI=1S/C10H20N4O3/c1-10(2,17-3)7-8(9(15)16)12-5-4-6-13-14-11/h8,12H,4-7H2,1-3H3,(H,15,16). The third-order valence-electron chi connectivity index (χ3n) is 2.44. The quantitative estimate of drug-likeness (QED) is 0.277. The molecule has 0 spiro atoms. The predicted octanol–water partition coefficient (Wildman–Crippen LogP) is 1.54. The zero-order valence-corrected chi connectivity index (χ0v) is 10.5. The lowest BCUT2D eigenvalue weighted by molar-refractivity contribution is -0.141. The van der Waals surface area contributed by atoms with Crippen molar-refractivity contribution in [3.8, 4) is 0 Å². The first-order valence-corrected chi connectivity index (χ1v) is 5.45. The minimum atomic E-state index is -0.904. The van der Waals surface area contributed by atoms with Gasteiger partial charge in [0.2, 0.25) is 0 Å². The molecule has 0 aliphatic heterocycles. The molecule has 0 heterocycles. The van der Waals surface area contributed by atoms with Gasteiger partial charge < -0.3 is 15.2 Å². The fraction of sp³-hybridized carbons (Fsp3) is 0.900. The number of methoxy groups -OCH3 is 1. The van der Waals surface area contributed by atoms with Gasteiger partial charge in [0, 0.05) is 25.0 Å². The van der Waals surface area contributed by atoms with Gasteiger partial charge in [0.1, 0.15) is 6.04 Å². The number of nitrogens with one attached hydrogen (secondary N) is 1. The van der Waals surface area contributed by atoms with Crippen molar-refractivity contribution in [2.45, 2.75) is 38.3 Å². The summed E-state index contributed by atoms with van der Waals surface area (Å²) in [6.07, 6.45) is 0.988. The van der Waals surface area contributed by atoms with Crippen LogP contribution in [0, 0.1) is 0 Å². The van der Waals surface area contributed by atoms with Gasteiger partial charge in [-0.2, -0.15) is 0 Å². The Labute approximate surface area is 101 Å². The van der Waals surface area contributed by atoms with Gasteiger partial charge in [0.25, 0.3) is 0 Å². The average Bonchev–Trinajstić information content (AvgIpc) is 2.27. The van der Waals surface area contributed by atoms with Crippen LogP contribution in [0.2, 0.25) is 0 Å². The molecule has 0 saturated heterocycles. The number of rotatable bonds is 9. The molecule has 17 heavy (non-hydrogen) atoms. The molecule has 0 bridgehead atoms. The third kappa shape index (κ3) is 7.57. The molecule has 1 atom stereocenters. The number of hydrogen-bond acceptors (Lipinski definition) is 4. The van der Waals surface area contributed by atoms with E-state index in [2.05, 4.69) is 15.3 Å². The Bertz CT molecular complexity index is 287. The van der Waals surface area contributed by atoms with E-state index in [1.54, 1.807) is 7.11 Å². The van der Waals surface area contributed by atoms with Crippen molar-refractivity contribution in [2.24, 2.45) is 5.11 Å². The van der Waals surface area contributed by atoms with Gasteiger partial charge in [-0.1, -0.05) is 5.11 Å². The Morgan fingerprint density at radius 1 is 1.65 bits per heavy atom. The summed E-state index contributed by atoms with van der Waals surface area (Å²) in [6.45, 7) is 4.54. The maximum atomic E-state index is 11.0. The minimum Gasteiger partial charge on any atom is -0.480 e. The van der Waals surface area contributed by atoms with Crippen molar-refractivity contribution in [2.75, 3.05) is 20.2 Å². The van der Waals surface area contributed by atoms with E-state index in [1.807, 2.05) is 13.8 Å². The highest BCUT2D eigenvalue weighted by Crippen LogP contribution is 2.15. The Hall–Kier alpha value is -1.30. The molecule has 0 rings (SSSR count). The molecule has 2 N–H and O–H groups in total. The topological polar surface area (TPSA) is 107 Å². The second-order valence-electron chi connectivity index (χ2n) is 4.32. The van der Waals surface area contributed by atoms with Crippen LogP contribution in [0.5, 0.6) is 0 Å². The molecule has 7 heteroatoms. The van der Waals surface area contributed by atoms with Crippen LogP contribution in [0.15, 0.2) is 5.11 Å². The number of carboxylic acid groups (broad SMARTS) is 1. The van der Waals surface area contributed by atoms with Crippen LogP contribution in [0.3, 0.4) is 0 Å². The maximum Gasteiger partial charge on any atom is 0.320 e. The predicted molar refractivity (Wildman–Crippen MR) is 63.8 cm³/mol. The second-order valence-corrected chi connectivity index (χ2v) is 4.32. The first-order chi connectivity index (χ1) is 7.93. The van der Waals surface area contributed by atoms with Crippen molar-refractivity contribution in [3.05, 3.63) is 10.4 Å². The molecule has 0 aromatic heterocycles. The second kappa shape index (κ2) is 7.89. The normalized spacial score (nSPS) is 12.9. The van der Waals surface area contributed by atoms with Crippen LogP contribution in [-0.2, 0) is 9.53 Å². The van der Waals surface area contributed by atoms with E-state index in [0.29, 0.717) is 25.9 Å². The Morgan fingerprint density at radius 3 is 2.76 bits per heavy atom. The third-order valence-corrected chi connectivity index (χ3v) is 2.44. The highest BCUT2D eigenvalue weighted by atomic mass is 16.5. The van der Waals surface area contributed by atoms with E-state index in [-0.39, 0.29) is 0 Å². The molecule has 0 aliphatic carbocycles. The van der Waals surface area contributed by atoms with Crippen LogP contribution in [0.25, 0.3) is 10.4 Å². The van der Waals surface area contributed by atoms with Crippen LogP contribution in [0.1, 0.15) is 26.7 Å². The Balaban J connectivity index is 4.08. The minimum absolute atomic E-state index is 0.365. The first kappa shape index (κ1) is 15.7. The average molecular weight is 244 g/mol. The number of nitrogens with zero attached hydrogens (tertiary/aromatic N) is 3. The lowest BCUT2D eigenvalue weighted by Gasteiger charge is -2.27. The van der Waals surface area contributed by atoms with Crippen molar-refractivity contribution < 1.29 is 14.6 Å². The van der Waals surface area contributed by atoms with Crippen molar-refractivity contribution >= 4 is 5.97 Å². The smallest absolute Gasteiger partial charge is 0.320 e. The molecule has 98 valence electrons. The highest BCUT2D eigenvalue weighted by Gasteiger charge is 2.26. The molecular formula is C10H20N4O3. The van der Waals surface area contributed by atoms with Crippen LogP contribution in [0.4, 0.5) is 0 Å². The number of carbonyl (C=O) groups is 1. The van der Waals surface area contributed by atoms with Crippen LogP contribution in [-0.4, -0.2) is 42.9 Å². The van der Waals surface area contributed by atoms with Crippen molar-refractivity contribution in [1.29, 1.82) is 0 Å². The summed E-state index contributed by atoms with van der Waals surface area (Å²) in [7, 11) is 1.56. The molecule has 0 radical (unpaired) electrons. The number of hydrogen-bond donors (Lipinski definition) is 2. The van der Waals surface area contributed by atoms with E-state index < -0.39 is 17.6 Å². The molecule has 1 unspecified atom stereocenters. The first-order valence-electron chi connectivity index (χ1n) is 5.45. The molecular weight excluding hydrogens is 224 g/mol. The number of ether oxygens (including phenoxy) is 1. The molecule has 0 aliphatic rings. The number of carboxylic acids is 1. The van der Waals surface area contributed by atoms with Crippen molar-refractivity contribution in [3.63, 3.8) is 0 Å². The van der Waals surface area contributed by atoms with Gasteiger partial charge in [-0.05, 0) is 32.3 Å². The molecule has 0 amide bonds. The van der Waals surface area contributed by atoms with Gasteiger partial charge in [0.05, 0.1) is 5.60 Å². The SMILES string of the molecule is COC(C)(C)CC(NCCCN=[N+]=[N-])C(=O)O. The number of aliphatic carboxylic acids is 1. The van der Waals surface area contributed by atoms with Crippen LogP contribution < -0.4 is 5.32 Å². The van der Waals surface area contributed by atoms with Crippen molar-refractivity contribution in [1.82, 2.24) is 5.32 Å². The van der Waals surface area contributed by atoms with Gasteiger partial charge in [-0.3, -0.25) is 4.79 Å². The Kier molecular flexibility index (Phi) is 7.29. The fourth-order valence-corrected chi connectivity index (χ4v) is 1.29. The Morgan fingerprint density at radius 2 is 2.29 bits per heavy atom. The van der Waals surface area contributed by atoms with Gasteiger partial charge in [0.15, 0.2) is 0 Å². The lowest BCUT2D eigenvalue weighted by Crippen LogP contribution is -2.43. The van der Waals surface area contributed by atoms with Crippen LogP contribution >= 0.6 is 0 Å². The fourth-order valence-electron chi connectivity index (χ4n) is 1.29. The van der Waals surface area contributed by atoms with E-state index in [9.17, 15) is 4.79 Å². The summed E-state index contributed by atoms with van der Waals surface area (Å²) in [5, 5.41) is 15.3. The summed E-state index contributed by atoms with van der Waals surface area (Å²) in [5.74, 6) is -0.904. The number of azide groups is 1. The lowest BCUT2D eigenvalue weighted by atomic mass is 9.99. The molecule has 0 aromatic carbocycles. The summed E-state index contributed by atoms with van der Waals surface area (Å²) in [6, 6.07) is -0.656. The largest absolute Gasteiger partial charge is 0.480 e. The van der Waals surface area contributed by atoms with E-state index >= 15 is 0 Å². The van der Waals surface area contributed by atoms with Gasteiger partial charge in [-0.25, -0.2) is 0 Å². The van der Waals surface area contributed by atoms with Gasteiger partial charge in [-0.15, -0.1) is 0 Å². The molecule has 0 saturated carbocycles. The molecule has 0 fully saturated rings. The van der Waals surface area contributed by atoms with E-state index in [4.69, 9.17) is 15.4 Å². The highest BCUT2D eigenvalue weighted by molar-refractivity contribution is 5.73. The zero-order valence-electron chi connectivity index (χ0n) is 10.5. The van der Waals surface area contributed by atoms with E-state index in [1.165, 1.54) is 0 Å².